The van der Waals surface area contributed by atoms with Crippen molar-refractivity contribution in [3.8, 4) is 0 Å². The molecule has 0 aliphatic heterocycles. The van der Waals surface area contributed by atoms with Gasteiger partial charge in [0.05, 0.1) is 0 Å². The summed E-state index contributed by atoms with van der Waals surface area (Å²) in [4.78, 5) is 0. The number of hydrogen-bond donors (Lipinski definition) is 1. The van der Waals surface area contributed by atoms with E-state index in [1.165, 1.54) is 31.2 Å². The van der Waals surface area contributed by atoms with Crippen molar-refractivity contribution in [1.82, 2.24) is 5.32 Å². The van der Waals surface area contributed by atoms with Gasteiger partial charge in [0.15, 0.2) is 0 Å². The monoisotopic (exact) mass is 215 g/mol. The van der Waals surface area contributed by atoms with E-state index in [1.807, 2.05) is 0 Å². The normalized spacial score (nSPS) is 17.8. The molecule has 1 aromatic rings. The first-order valence-electron chi connectivity index (χ1n) is 6.22. The lowest BCUT2D eigenvalue weighted by atomic mass is 9.99. The average molecular weight is 215 g/mol. The van der Waals surface area contributed by atoms with Crippen LogP contribution in [0.4, 0.5) is 0 Å². The summed E-state index contributed by atoms with van der Waals surface area (Å²) >= 11 is 0. The molecule has 0 spiro atoms. The first-order chi connectivity index (χ1) is 7.79. The van der Waals surface area contributed by atoms with Crippen molar-refractivity contribution in [2.45, 2.75) is 38.1 Å². The molecule has 0 heterocycles. The number of hydrogen-bond acceptors (Lipinski definition) is 1. The molecule has 16 heavy (non-hydrogen) atoms. The molecule has 1 aliphatic carbocycles. The summed E-state index contributed by atoms with van der Waals surface area (Å²) in [5.41, 5.74) is 1.77. The Morgan fingerprint density at radius 2 is 1.81 bits per heavy atom. The van der Waals surface area contributed by atoms with Crippen molar-refractivity contribution in [2.24, 2.45) is 0 Å². The number of benzene rings is 1. The first kappa shape index (κ1) is 11.4. The van der Waals surface area contributed by atoms with Crippen LogP contribution in [-0.2, 0) is 6.42 Å². The van der Waals surface area contributed by atoms with E-state index >= 15 is 0 Å². The molecular weight excluding hydrogens is 194 g/mol. The van der Waals surface area contributed by atoms with Gasteiger partial charge in [0.2, 0.25) is 0 Å². The van der Waals surface area contributed by atoms with Crippen LogP contribution < -0.4 is 5.32 Å². The van der Waals surface area contributed by atoms with Gasteiger partial charge in [0.1, 0.15) is 0 Å². The Hall–Kier alpha value is -1.08. The Morgan fingerprint density at radius 3 is 2.50 bits per heavy atom. The highest BCUT2D eigenvalue weighted by atomic mass is 15.0. The van der Waals surface area contributed by atoms with E-state index in [0.717, 1.165) is 6.54 Å². The summed E-state index contributed by atoms with van der Waals surface area (Å²) in [7, 11) is 0. The van der Waals surface area contributed by atoms with Gasteiger partial charge in [-0.05, 0) is 44.7 Å². The maximum absolute atomic E-state index is 3.67. The average Bonchev–Trinajstić information content (AvgIpc) is 2.74. The molecule has 0 saturated heterocycles. The third-order valence-corrected chi connectivity index (χ3v) is 3.34. The Balaban J connectivity index is 1.66. The van der Waals surface area contributed by atoms with Gasteiger partial charge in [0, 0.05) is 5.54 Å². The molecule has 1 aliphatic rings. The molecule has 1 N–H and O–H groups in total. The standard InChI is InChI=1S/C15H21N/c1-15(11-5-6-12-15)16-13-7-10-14-8-3-2-4-9-14/h2-6,8-9,16H,7,10-13H2,1H3. The fourth-order valence-corrected chi connectivity index (χ4v) is 2.24. The van der Waals surface area contributed by atoms with Crippen LogP contribution in [0.5, 0.6) is 0 Å². The second-order valence-electron chi connectivity index (χ2n) is 4.96. The van der Waals surface area contributed by atoms with E-state index < -0.39 is 0 Å². The van der Waals surface area contributed by atoms with E-state index in [2.05, 4.69) is 54.7 Å². The zero-order chi connectivity index (χ0) is 11.3. The van der Waals surface area contributed by atoms with E-state index in [9.17, 15) is 0 Å². The maximum atomic E-state index is 3.67. The molecule has 0 atom stereocenters. The van der Waals surface area contributed by atoms with Crippen LogP contribution in [0, 0.1) is 0 Å². The Kier molecular flexibility index (Phi) is 3.79. The summed E-state index contributed by atoms with van der Waals surface area (Å²) in [6.45, 7) is 3.43. The summed E-state index contributed by atoms with van der Waals surface area (Å²) in [5.74, 6) is 0. The number of rotatable bonds is 5. The molecule has 0 fully saturated rings. The summed E-state index contributed by atoms with van der Waals surface area (Å²) in [6.07, 6.45) is 9.32. The Bertz CT molecular complexity index is 332. The third kappa shape index (κ3) is 3.21. The van der Waals surface area contributed by atoms with E-state index in [1.54, 1.807) is 0 Å². The second kappa shape index (κ2) is 5.31. The molecule has 0 aromatic heterocycles. The topological polar surface area (TPSA) is 12.0 Å². The van der Waals surface area contributed by atoms with E-state index in [4.69, 9.17) is 0 Å². The van der Waals surface area contributed by atoms with Crippen LogP contribution in [0.1, 0.15) is 31.7 Å². The minimum atomic E-state index is 0.330. The van der Waals surface area contributed by atoms with E-state index in [-0.39, 0.29) is 0 Å². The van der Waals surface area contributed by atoms with Crippen LogP contribution in [-0.4, -0.2) is 12.1 Å². The minimum Gasteiger partial charge on any atom is -0.311 e. The predicted octanol–water partition coefficient (Wildman–Crippen LogP) is 3.32. The highest BCUT2D eigenvalue weighted by Crippen LogP contribution is 2.22. The van der Waals surface area contributed by atoms with Crippen molar-refractivity contribution in [1.29, 1.82) is 0 Å². The number of nitrogens with one attached hydrogen (secondary N) is 1. The minimum absolute atomic E-state index is 0.330. The van der Waals surface area contributed by atoms with Gasteiger partial charge < -0.3 is 5.32 Å². The highest BCUT2D eigenvalue weighted by molar-refractivity contribution is 5.14. The van der Waals surface area contributed by atoms with Crippen LogP contribution in [0.3, 0.4) is 0 Å². The molecule has 0 saturated carbocycles. The molecule has 0 unspecified atom stereocenters. The third-order valence-electron chi connectivity index (χ3n) is 3.34. The number of aryl methyl sites for hydroxylation is 1. The molecule has 0 bridgehead atoms. The van der Waals surface area contributed by atoms with Gasteiger partial charge >= 0.3 is 0 Å². The molecule has 1 nitrogen and oxygen atoms in total. The fraction of sp³-hybridized carbons (Fsp3) is 0.467. The van der Waals surface area contributed by atoms with Gasteiger partial charge in [-0.15, -0.1) is 0 Å². The molecule has 2 rings (SSSR count). The SMILES string of the molecule is CC1(NCCCc2ccccc2)CC=CC1. The van der Waals surface area contributed by atoms with Crippen molar-refractivity contribution in [2.75, 3.05) is 6.54 Å². The van der Waals surface area contributed by atoms with Crippen molar-refractivity contribution in [3.05, 3.63) is 48.0 Å². The fourth-order valence-electron chi connectivity index (χ4n) is 2.24. The van der Waals surface area contributed by atoms with Crippen LogP contribution >= 0.6 is 0 Å². The predicted molar refractivity (Wildman–Crippen MR) is 69.5 cm³/mol. The summed E-state index contributed by atoms with van der Waals surface area (Å²) in [5, 5.41) is 3.67. The van der Waals surface area contributed by atoms with Gasteiger partial charge in [-0.25, -0.2) is 0 Å². The maximum Gasteiger partial charge on any atom is 0.0222 e. The van der Waals surface area contributed by atoms with Crippen LogP contribution in [0.2, 0.25) is 0 Å². The Morgan fingerprint density at radius 1 is 1.12 bits per heavy atom. The molecule has 0 radical (unpaired) electrons. The van der Waals surface area contributed by atoms with Gasteiger partial charge in [0.25, 0.3) is 0 Å². The zero-order valence-corrected chi connectivity index (χ0v) is 10.1. The molecule has 86 valence electrons. The Labute approximate surface area is 98.6 Å². The zero-order valence-electron chi connectivity index (χ0n) is 10.1. The molecular formula is C15H21N. The molecule has 1 heteroatoms. The van der Waals surface area contributed by atoms with Gasteiger partial charge in [-0.1, -0.05) is 42.5 Å². The largest absolute Gasteiger partial charge is 0.311 e. The lowest BCUT2D eigenvalue weighted by molar-refractivity contribution is 0.375. The molecule has 0 amide bonds. The van der Waals surface area contributed by atoms with Gasteiger partial charge in [-0.3, -0.25) is 0 Å². The quantitative estimate of drug-likeness (QED) is 0.587. The summed E-state index contributed by atoms with van der Waals surface area (Å²) in [6, 6.07) is 10.7. The van der Waals surface area contributed by atoms with Crippen LogP contribution in [0.25, 0.3) is 0 Å². The lowest BCUT2D eigenvalue weighted by Gasteiger charge is -2.25. The first-order valence-corrected chi connectivity index (χ1v) is 6.22. The smallest absolute Gasteiger partial charge is 0.0222 e. The molecule has 1 aromatic carbocycles. The van der Waals surface area contributed by atoms with Crippen LogP contribution in [0.15, 0.2) is 42.5 Å². The highest BCUT2D eigenvalue weighted by Gasteiger charge is 2.23. The van der Waals surface area contributed by atoms with Gasteiger partial charge in [-0.2, -0.15) is 0 Å². The lowest BCUT2D eigenvalue weighted by Crippen LogP contribution is -2.40. The van der Waals surface area contributed by atoms with Crippen molar-refractivity contribution < 1.29 is 0 Å². The summed E-state index contributed by atoms with van der Waals surface area (Å²) < 4.78 is 0. The van der Waals surface area contributed by atoms with E-state index in [0.29, 0.717) is 5.54 Å². The van der Waals surface area contributed by atoms with Crippen molar-refractivity contribution in [3.63, 3.8) is 0 Å². The second-order valence-corrected chi connectivity index (χ2v) is 4.96. The van der Waals surface area contributed by atoms with Crippen molar-refractivity contribution >= 4 is 0 Å².